The first-order valence-corrected chi connectivity index (χ1v) is 13.8. The molecule has 0 radical (unpaired) electrons. The van der Waals surface area contributed by atoms with Crippen molar-refractivity contribution in [2.75, 3.05) is 6.61 Å². The van der Waals surface area contributed by atoms with Crippen LogP contribution in [0.1, 0.15) is 61.9 Å². The molecule has 0 N–H and O–H groups in total. The van der Waals surface area contributed by atoms with Crippen molar-refractivity contribution in [2.45, 2.75) is 46.0 Å². The van der Waals surface area contributed by atoms with Crippen LogP contribution in [-0.4, -0.2) is 12.6 Å². The SMILES string of the molecule is CCCC1CC=C(c2ccc(OC(=O)c3ccc(-c4cc5ccc(OCC)c(F)c5s4)cc3)cc2)CC1. The van der Waals surface area contributed by atoms with E-state index in [1.54, 1.807) is 18.2 Å². The topological polar surface area (TPSA) is 35.5 Å². The van der Waals surface area contributed by atoms with Crippen LogP contribution in [0.2, 0.25) is 0 Å². The monoisotopic (exact) mass is 514 g/mol. The molecule has 1 heterocycles. The van der Waals surface area contributed by atoms with E-state index >= 15 is 0 Å². The molecule has 1 aromatic heterocycles. The van der Waals surface area contributed by atoms with Gasteiger partial charge in [-0.2, -0.15) is 0 Å². The van der Waals surface area contributed by atoms with Gasteiger partial charge in [-0.25, -0.2) is 9.18 Å². The number of halogens is 1. The van der Waals surface area contributed by atoms with Crippen molar-refractivity contribution in [1.82, 2.24) is 0 Å². The van der Waals surface area contributed by atoms with Crippen LogP contribution < -0.4 is 9.47 Å². The van der Waals surface area contributed by atoms with Gasteiger partial charge in [0.1, 0.15) is 5.75 Å². The van der Waals surface area contributed by atoms with Gasteiger partial charge >= 0.3 is 5.97 Å². The number of esters is 1. The minimum absolute atomic E-state index is 0.269. The van der Waals surface area contributed by atoms with Gasteiger partial charge in [-0.3, -0.25) is 0 Å². The van der Waals surface area contributed by atoms with E-state index in [0.717, 1.165) is 34.6 Å². The van der Waals surface area contributed by atoms with Crippen molar-refractivity contribution in [1.29, 1.82) is 0 Å². The van der Waals surface area contributed by atoms with E-state index in [2.05, 4.69) is 13.0 Å². The Kier molecular flexibility index (Phi) is 7.71. The lowest BCUT2D eigenvalue weighted by Crippen LogP contribution is -2.08. The summed E-state index contributed by atoms with van der Waals surface area (Å²) >= 11 is 1.37. The van der Waals surface area contributed by atoms with Crippen molar-refractivity contribution in [3.05, 3.63) is 89.8 Å². The number of hydrogen-bond acceptors (Lipinski definition) is 4. The summed E-state index contributed by atoms with van der Waals surface area (Å²) in [5.41, 5.74) is 3.97. The first-order chi connectivity index (χ1) is 18.1. The maximum atomic E-state index is 14.8. The summed E-state index contributed by atoms with van der Waals surface area (Å²) in [6, 6.07) is 20.5. The number of benzene rings is 3. The van der Waals surface area contributed by atoms with Crippen LogP contribution >= 0.6 is 11.3 Å². The number of allylic oxidation sites excluding steroid dienone is 2. The van der Waals surface area contributed by atoms with E-state index in [9.17, 15) is 9.18 Å². The molecular formula is C32H31FO3S. The average molecular weight is 515 g/mol. The summed E-state index contributed by atoms with van der Waals surface area (Å²) in [6.07, 6.45) is 8.43. The minimum atomic E-state index is -0.401. The van der Waals surface area contributed by atoms with Crippen LogP contribution in [-0.2, 0) is 0 Å². The molecule has 1 aliphatic rings. The first-order valence-electron chi connectivity index (χ1n) is 13.0. The standard InChI is InChI=1S/C32H31FO3S/c1-3-5-21-6-8-22(9-7-21)23-14-17-27(18-15-23)36-32(34)25-12-10-24(11-13-25)29-20-26-16-19-28(35-4-2)30(33)31(26)37-29/h8,10-21H,3-7,9H2,1-2H3. The van der Waals surface area contributed by atoms with Crippen molar-refractivity contribution in [2.24, 2.45) is 5.92 Å². The molecule has 0 saturated carbocycles. The van der Waals surface area contributed by atoms with Gasteiger partial charge in [0.2, 0.25) is 0 Å². The summed E-state index contributed by atoms with van der Waals surface area (Å²) in [6.45, 7) is 4.50. The molecule has 0 spiro atoms. The third-order valence-corrected chi connectivity index (χ3v) is 8.14. The molecule has 0 amide bonds. The predicted molar refractivity (Wildman–Crippen MR) is 150 cm³/mol. The van der Waals surface area contributed by atoms with Gasteiger partial charge in [-0.15, -0.1) is 11.3 Å². The molecule has 5 rings (SSSR count). The molecule has 0 bridgehead atoms. The molecule has 0 aliphatic heterocycles. The van der Waals surface area contributed by atoms with E-state index in [4.69, 9.17) is 9.47 Å². The normalized spacial score (nSPS) is 15.4. The molecule has 3 aromatic carbocycles. The molecule has 37 heavy (non-hydrogen) atoms. The largest absolute Gasteiger partial charge is 0.491 e. The van der Waals surface area contributed by atoms with Gasteiger partial charge in [-0.05, 0) is 96.7 Å². The fourth-order valence-corrected chi connectivity index (χ4v) is 6.05. The van der Waals surface area contributed by atoms with Crippen LogP contribution in [0, 0.1) is 11.7 Å². The zero-order valence-corrected chi connectivity index (χ0v) is 22.1. The van der Waals surface area contributed by atoms with E-state index in [1.807, 2.05) is 55.5 Å². The second-order valence-electron chi connectivity index (χ2n) is 9.49. The van der Waals surface area contributed by atoms with E-state index in [-0.39, 0.29) is 11.6 Å². The Morgan fingerprint density at radius 1 is 1.00 bits per heavy atom. The second kappa shape index (κ2) is 11.3. The molecule has 4 aromatic rings. The van der Waals surface area contributed by atoms with Gasteiger partial charge in [0, 0.05) is 4.88 Å². The van der Waals surface area contributed by atoms with E-state index in [0.29, 0.717) is 22.6 Å². The Bertz CT molecular complexity index is 1420. The number of carbonyl (C=O) groups excluding carboxylic acids is 1. The number of fused-ring (bicyclic) bond motifs is 1. The summed E-state index contributed by atoms with van der Waals surface area (Å²) in [5.74, 6) is 0.882. The average Bonchev–Trinajstić information content (AvgIpc) is 3.37. The number of thiophene rings is 1. The third-order valence-electron chi connectivity index (χ3n) is 6.95. The van der Waals surface area contributed by atoms with Crippen LogP contribution in [0.4, 0.5) is 4.39 Å². The minimum Gasteiger partial charge on any atom is -0.491 e. The molecule has 0 fully saturated rings. The highest BCUT2D eigenvalue weighted by molar-refractivity contribution is 7.22. The molecule has 5 heteroatoms. The van der Waals surface area contributed by atoms with Gasteiger partial charge in [-0.1, -0.05) is 50.1 Å². The maximum Gasteiger partial charge on any atom is 0.343 e. The highest BCUT2D eigenvalue weighted by Crippen LogP contribution is 2.38. The molecule has 3 nitrogen and oxygen atoms in total. The van der Waals surface area contributed by atoms with Gasteiger partial charge < -0.3 is 9.47 Å². The lowest BCUT2D eigenvalue weighted by atomic mass is 9.84. The van der Waals surface area contributed by atoms with Crippen molar-refractivity contribution in [3.8, 4) is 21.9 Å². The highest BCUT2D eigenvalue weighted by atomic mass is 32.1. The highest BCUT2D eigenvalue weighted by Gasteiger charge is 2.16. The Labute approximate surface area is 221 Å². The molecular weight excluding hydrogens is 483 g/mol. The first kappa shape index (κ1) is 25.2. The summed E-state index contributed by atoms with van der Waals surface area (Å²) < 4.78 is 26.3. The van der Waals surface area contributed by atoms with Crippen LogP contribution in [0.3, 0.4) is 0 Å². The zero-order valence-electron chi connectivity index (χ0n) is 21.3. The van der Waals surface area contributed by atoms with Crippen molar-refractivity contribution >= 4 is 33.0 Å². The Morgan fingerprint density at radius 2 is 1.76 bits per heavy atom. The zero-order chi connectivity index (χ0) is 25.8. The number of carbonyl (C=O) groups is 1. The number of rotatable bonds is 8. The Hall–Kier alpha value is -3.44. The summed E-state index contributed by atoms with van der Waals surface area (Å²) in [5, 5.41) is 0.831. The quantitative estimate of drug-likeness (QED) is 0.174. The third kappa shape index (κ3) is 5.62. The molecule has 1 unspecified atom stereocenters. The van der Waals surface area contributed by atoms with Crippen LogP contribution in [0.25, 0.3) is 26.1 Å². The van der Waals surface area contributed by atoms with Crippen molar-refractivity contribution < 1.29 is 18.7 Å². The smallest absolute Gasteiger partial charge is 0.343 e. The Morgan fingerprint density at radius 3 is 2.43 bits per heavy atom. The van der Waals surface area contributed by atoms with Gasteiger partial charge in [0.05, 0.1) is 16.9 Å². The lowest BCUT2D eigenvalue weighted by molar-refractivity contribution is 0.0735. The van der Waals surface area contributed by atoms with E-state index < -0.39 is 5.97 Å². The Balaban J connectivity index is 1.24. The lowest BCUT2D eigenvalue weighted by Gasteiger charge is -2.21. The summed E-state index contributed by atoms with van der Waals surface area (Å²) in [4.78, 5) is 13.7. The van der Waals surface area contributed by atoms with Crippen LogP contribution in [0.5, 0.6) is 11.5 Å². The maximum absolute atomic E-state index is 14.8. The van der Waals surface area contributed by atoms with Crippen LogP contribution in [0.15, 0.2) is 72.8 Å². The fourth-order valence-electron chi connectivity index (χ4n) is 4.95. The van der Waals surface area contributed by atoms with Gasteiger partial charge in [0.25, 0.3) is 0 Å². The molecule has 1 aliphatic carbocycles. The predicted octanol–water partition coefficient (Wildman–Crippen LogP) is 9.31. The van der Waals surface area contributed by atoms with Crippen molar-refractivity contribution in [3.63, 3.8) is 0 Å². The van der Waals surface area contributed by atoms with E-state index in [1.165, 1.54) is 41.7 Å². The molecule has 190 valence electrons. The summed E-state index contributed by atoms with van der Waals surface area (Å²) in [7, 11) is 0. The molecule has 0 saturated heterocycles. The number of ether oxygens (including phenoxy) is 2. The molecule has 1 atom stereocenters. The van der Waals surface area contributed by atoms with Gasteiger partial charge in [0.15, 0.2) is 11.6 Å². The second-order valence-corrected chi connectivity index (χ2v) is 10.5. The number of hydrogen-bond donors (Lipinski definition) is 0. The fraction of sp³-hybridized carbons (Fsp3) is 0.281.